The molecule has 3 aromatic carbocycles. The number of amidine groups is 1. The van der Waals surface area contributed by atoms with Gasteiger partial charge in [0.1, 0.15) is 5.60 Å². The second-order valence-electron chi connectivity index (χ2n) is 12.1. The molecular weight excluding hydrogens is 564 g/mol. The predicted molar refractivity (Wildman–Crippen MR) is 167 cm³/mol. The van der Waals surface area contributed by atoms with Crippen LogP contribution in [0, 0.1) is 10.1 Å². The Hall–Kier alpha value is -5.13. The quantitative estimate of drug-likeness (QED) is 0.0721. The van der Waals surface area contributed by atoms with E-state index in [0.717, 1.165) is 16.3 Å². The van der Waals surface area contributed by atoms with Crippen molar-refractivity contribution in [1.29, 1.82) is 0 Å². The number of rotatable bonds is 7. The number of aromatic nitrogens is 1. The largest absolute Gasteiger partial charge is 0.444 e. The average molecular weight is 601 g/mol. The first-order valence-electron chi connectivity index (χ1n) is 14.5. The second-order valence-corrected chi connectivity index (χ2v) is 12.1. The number of nitro groups is 1. The van der Waals surface area contributed by atoms with Crippen molar-refractivity contribution in [1.82, 2.24) is 15.2 Å². The molecule has 1 aliphatic carbocycles. The lowest BCUT2D eigenvalue weighted by molar-refractivity contribution is -0.383. The maximum atomic E-state index is 14.0. The normalized spacial score (nSPS) is 17.4. The second kappa shape index (κ2) is 12.2. The van der Waals surface area contributed by atoms with E-state index in [-0.39, 0.29) is 41.2 Å². The first kappa shape index (κ1) is 30.3. The van der Waals surface area contributed by atoms with Crippen LogP contribution >= 0.6 is 0 Å². The molecule has 1 saturated carbocycles. The van der Waals surface area contributed by atoms with E-state index < -0.39 is 22.5 Å². The summed E-state index contributed by atoms with van der Waals surface area (Å²) >= 11 is 0. The molecule has 0 unspecified atom stereocenters. The molecule has 1 aliphatic rings. The van der Waals surface area contributed by atoms with Crippen LogP contribution in [0.2, 0.25) is 0 Å². The van der Waals surface area contributed by atoms with Gasteiger partial charge in [-0.2, -0.15) is 0 Å². The number of benzene rings is 3. The van der Waals surface area contributed by atoms with Gasteiger partial charge < -0.3 is 30.9 Å². The van der Waals surface area contributed by atoms with E-state index in [1.54, 1.807) is 31.4 Å². The smallest absolute Gasteiger partial charge is 0.407 e. The zero-order chi connectivity index (χ0) is 31.6. The molecule has 0 bridgehead atoms. The molecule has 2 amide bonds. The molecule has 230 valence electrons. The topological polar surface area (TPSA) is 174 Å². The van der Waals surface area contributed by atoms with Gasteiger partial charge >= 0.3 is 11.8 Å². The highest BCUT2D eigenvalue weighted by Crippen LogP contribution is 2.35. The van der Waals surface area contributed by atoms with E-state index in [9.17, 15) is 24.9 Å². The van der Waals surface area contributed by atoms with Crippen LogP contribution in [-0.4, -0.2) is 50.2 Å². The molecule has 0 atom stereocenters. The summed E-state index contributed by atoms with van der Waals surface area (Å²) in [4.78, 5) is 38.1. The van der Waals surface area contributed by atoms with Crippen LogP contribution in [0.4, 0.5) is 10.5 Å². The summed E-state index contributed by atoms with van der Waals surface area (Å²) in [6.45, 7) is 5.57. The Morgan fingerprint density at radius 1 is 1.02 bits per heavy atom. The Balaban J connectivity index is 1.49. The molecular formula is C32H36N6O6. The standard InChI is InChI=1S/C32H36N6O6/c1-32(2,3)44-31(40)35-23-14-12-22(13-15-23)34-30(39)28-27(38(42)43)25-16-11-20(29(33)36-41)17-26(25)37(28)18-21-9-6-8-19-7-4-5-10-24(19)21/h4-11,16-17,22-23,41H,12-15,18H2,1-3H3,(H2,33,36)(H,34,39)(H,35,40). The first-order chi connectivity index (χ1) is 20.9. The van der Waals surface area contributed by atoms with Crippen LogP contribution in [0.3, 0.4) is 0 Å². The number of hydrogen-bond acceptors (Lipinski definition) is 7. The molecule has 4 aromatic rings. The van der Waals surface area contributed by atoms with Crippen molar-refractivity contribution in [2.24, 2.45) is 10.9 Å². The molecule has 1 fully saturated rings. The average Bonchev–Trinajstić information content (AvgIpc) is 3.30. The predicted octanol–water partition coefficient (Wildman–Crippen LogP) is 5.41. The lowest BCUT2D eigenvalue weighted by Crippen LogP contribution is -2.45. The van der Waals surface area contributed by atoms with E-state index >= 15 is 0 Å². The summed E-state index contributed by atoms with van der Waals surface area (Å²) in [5.41, 5.74) is 6.49. The van der Waals surface area contributed by atoms with Crippen molar-refractivity contribution in [3.63, 3.8) is 0 Å². The van der Waals surface area contributed by atoms with Gasteiger partial charge in [-0.25, -0.2) is 4.79 Å². The Kier molecular flexibility index (Phi) is 8.43. The summed E-state index contributed by atoms with van der Waals surface area (Å²) in [6, 6.07) is 17.9. The maximum Gasteiger partial charge on any atom is 0.407 e. The highest BCUT2D eigenvalue weighted by atomic mass is 16.6. The van der Waals surface area contributed by atoms with Crippen molar-refractivity contribution in [2.75, 3.05) is 0 Å². The van der Waals surface area contributed by atoms with Gasteiger partial charge in [0.05, 0.1) is 15.8 Å². The Morgan fingerprint density at radius 2 is 1.68 bits per heavy atom. The van der Waals surface area contributed by atoms with Crippen LogP contribution < -0.4 is 16.4 Å². The Bertz CT molecular complexity index is 1760. The lowest BCUT2D eigenvalue weighted by Gasteiger charge is -2.30. The van der Waals surface area contributed by atoms with E-state index in [1.807, 2.05) is 42.5 Å². The number of fused-ring (bicyclic) bond motifs is 2. The van der Waals surface area contributed by atoms with Crippen LogP contribution in [0.25, 0.3) is 21.7 Å². The van der Waals surface area contributed by atoms with Crippen LogP contribution in [0.15, 0.2) is 65.8 Å². The summed E-state index contributed by atoms with van der Waals surface area (Å²) < 4.78 is 6.99. The third-order valence-electron chi connectivity index (χ3n) is 7.83. The Labute approximate surface area is 254 Å². The van der Waals surface area contributed by atoms with Crippen LogP contribution in [-0.2, 0) is 11.3 Å². The molecule has 0 radical (unpaired) electrons. The number of carbonyl (C=O) groups excluding carboxylic acids is 2. The number of ether oxygens (including phenoxy) is 1. The molecule has 1 aromatic heterocycles. The zero-order valence-electron chi connectivity index (χ0n) is 24.9. The number of nitrogens with two attached hydrogens (primary N) is 1. The molecule has 0 aliphatic heterocycles. The van der Waals surface area contributed by atoms with Gasteiger partial charge in [-0.1, -0.05) is 53.7 Å². The number of nitrogens with zero attached hydrogens (tertiary/aromatic N) is 3. The van der Waals surface area contributed by atoms with Gasteiger partial charge in [0.15, 0.2) is 11.5 Å². The van der Waals surface area contributed by atoms with Gasteiger partial charge in [0, 0.05) is 24.2 Å². The zero-order valence-corrected chi connectivity index (χ0v) is 24.9. The highest BCUT2D eigenvalue weighted by molar-refractivity contribution is 6.09. The molecule has 0 spiro atoms. The van der Waals surface area contributed by atoms with E-state index in [1.165, 1.54) is 12.1 Å². The van der Waals surface area contributed by atoms with Gasteiger partial charge in [0.2, 0.25) is 0 Å². The molecule has 12 heteroatoms. The van der Waals surface area contributed by atoms with Crippen molar-refractivity contribution < 1.29 is 24.5 Å². The fourth-order valence-corrected chi connectivity index (χ4v) is 5.84. The highest BCUT2D eigenvalue weighted by Gasteiger charge is 2.34. The fraction of sp³-hybridized carbons (Fsp3) is 0.344. The molecule has 44 heavy (non-hydrogen) atoms. The van der Waals surface area contributed by atoms with Crippen molar-refractivity contribution in [3.05, 3.63) is 87.6 Å². The number of nitrogens with one attached hydrogen (secondary N) is 2. The SMILES string of the molecule is CC(C)(C)OC(=O)NC1CCC(NC(=O)c2c([N+](=O)[O-])c3ccc(C(N)=NO)cc3n2Cc2cccc3ccccc23)CC1. The van der Waals surface area contributed by atoms with Crippen molar-refractivity contribution in [2.45, 2.75) is 70.7 Å². The first-order valence-corrected chi connectivity index (χ1v) is 14.5. The summed E-state index contributed by atoms with van der Waals surface area (Å²) in [6.07, 6.45) is 1.92. The van der Waals surface area contributed by atoms with Gasteiger partial charge in [-0.3, -0.25) is 14.9 Å². The minimum absolute atomic E-state index is 0.0800. The number of oxime groups is 1. The molecule has 12 nitrogen and oxygen atoms in total. The minimum Gasteiger partial charge on any atom is -0.444 e. The van der Waals surface area contributed by atoms with Crippen molar-refractivity contribution in [3.8, 4) is 0 Å². The van der Waals surface area contributed by atoms with Gasteiger partial charge in [-0.15, -0.1) is 0 Å². The molecule has 5 rings (SSSR count). The van der Waals surface area contributed by atoms with Crippen LogP contribution in [0.1, 0.15) is 68.1 Å². The monoisotopic (exact) mass is 600 g/mol. The fourth-order valence-electron chi connectivity index (χ4n) is 5.84. The number of hydrogen-bond donors (Lipinski definition) is 4. The molecule has 5 N–H and O–H groups in total. The summed E-state index contributed by atoms with van der Waals surface area (Å²) in [5.74, 6) is -0.725. The number of carbonyl (C=O) groups is 2. The third kappa shape index (κ3) is 6.43. The minimum atomic E-state index is -0.605. The third-order valence-corrected chi connectivity index (χ3v) is 7.83. The summed E-state index contributed by atoms with van der Waals surface area (Å²) in [5, 5.41) is 33.0. The van der Waals surface area contributed by atoms with E-state index in [2.05, 4.69) is 15.8 Å². The van der Waals surface area contributed by atoms with Gasteiger partial charge in [0.25, 0.3) is 5.91 Å². The Morgan fingerprint density at radius 3 is 2.34 bits per heavy atom. The lowest BCUT2D eigenvalue weighted by atomic mass is 9.91. The van der Waals surface area contributed by atoms with Gasteiger partial charge in [-0.05, 0) is 74.9 Å². The molecule has 1 heterocycles. The molecule has 0 saturated heterocycles. The van der Waals surface area contributed by atoms with E-state index in [0.29, 0.717) is 36.8 Å². The maximum absolute atomic E-state index is 14.0. The summed E-state index contributed by atoms with van der Waals surface area (Å²) in [7, 11) is 0. The van der Waals surface area contributed by atoms with E-state index in [4.69, 9.17) is 10.5 Å². The number of amides is 2. The number of alkyl carbamates (subject to hydrolysis) is 1. The van der Waals surface area contributed by atoms with Crippen LogP contribution in [0.5, 0.6) is 0 Å². The van der Waals surface area contributed by atoms with Crippen molar-refractivity contribution >= 4 is 45.2 Å².